The summed E-state index contributed by atoms with van der Waals surface area (Å²) in [5, 5.41) is 13.1. The van der Waals surface area contributed by atoms with Crippen LogP contribution in [0.5, 0.6) is 5.75 Å². The van der Waals surface area contributed by atoms with Crippen LogP contribution in [0.3, 0.4) is 0 Å². The molecule has 0 spiro atoms. The van der Waals surface area contributed by atoms with E-state index in [4.69, 9.17) is 16.3 Å². The zero-order valence-corrected chi connectivity index (χ0v) is 18.1. The highest BCUT2D eigenvalue weighted by molar-refractivity contribution is 7.99. The summed E-state index contributed by atoms with van der Waals surface area (Å²) >= 11 is 8.86. The monoisotopic (exact) mass is 449 g/mol. The zero-order valence-electron chi connectivity index (χ0n) is 15.7. The highest BCUT2D eigenvalue weighted by Crippen LogP contribution is 2.30. The molecule has 0 aliphatic rings. The minimum absolute atomic E-state index is 0.161. The standard InChI is InChI=1S/C17H16ClN7O2S2/c1-24(2)16-21-14-13(29-16)15-22-23-17(25(15)8-19-14)28-7-12(26)20-9-4-5-11(27-3)10(18)6-9/h4-6,8H,7H2,1-3H3,(H,20,26). The summed E-state index contributed by atoms with van der Waals surface area (Å²) in [7, 11) is 5.39. The molecule has 4 aromatic rings. The number of hydrogen-bond donors (Lipinski definition) is 1. The van der Waals surface area contributed by atoms with Crippen molar-refractivity contribution in [3.8, 4) is 5.75 Å². The first-order chi connectivity index (χ1) is 14.0. The van der Waals surface area contributed by atoms with Crippen molar-refractivity contribution in [3.63, 3.8) is 0 Å². The number of methoxy groups -OCH3 is 1. The Labute approximate surface area is 179 Å². The Morgan fingerprint density at radius 2 is 2.21 bits per heavy atom. The van der Waals surface area contributed by atoms with Crippen molar-refractivity contribution in [3.05, 3.63) is 29.5 Å². The second-order valence-electron chi connectivity index (χ2n) is 6.15. The molecular weight excluding hydrogens is 434 g/mol. The number of thiazole rings is 1. The van der Waals surface area contributed by atoms with Crippen molar-refractivity contribution in [1.29, 1.82) is 0 Å². The predicted molar refractivity (Wildman–Crippen MR) is 116 cm³/mol. The van der Waals surface area contributed by atoms with Crippen molar-refractivity contribution in [2.75, 3.05) is 37.2 Å². The number of fused-ring (bicyclic) bond motifs is 3. The average Bonchev–Trinajstić information content (AvgIpc) is 3.30. The fraction of sp³-hybridized carbons (Fsp3) is 0.235. The Bertz CT molecular complexity index is 1210. The Morgan fingerprint density at radius 1 is 1.38 bits per heavy atom. The van der Waals surface area contributed by atoms with Crippen LogP contribution in [-0.4, -0.2) is 57.4 Å². The fourth-order valence-electron chi connectivity index (χ4n) is 2.54. The number of benzene rings is 1. The first-order valence-corrected chi connectivity index (χ1v) is 10.6. The van der Waals surface area contributed by atoms with Crippen molar-refractivity contribution < 1.29 is 9.53 Å². The van der Waals surface area contributed by atoms with Gasteiger partial charge in [0.05, 0.1) is 17.9 Å². The highest BCUT2D eigenvalue weighted by Gasteiger charge is 2.16. The van der Waals surface area contributed by atoms with E-state index in [0.29, 0.717) is 32.9 Å². The Morgan fingerprint density at radius 3 is 2.93 bits per heavy atom. The molecule has 4 rings (SSSR count). The number of aromatic nitrogens is 5. The lowest BCUT2D eigenvalue weighted by Gasteiger charge is -2.07. The zero-order chi connectivity index (χ0) is 20.5. The molecule has 0 aliphatic heterocycles. The van der Waals surface area contributed by atoms with Crippen molar-refractivity contribution in [2.45, 2.75) is 5.16 Å². The number of nitrogens with zero attached hydrogens (tertiary/aromatic N) is 6. The van der Waals surface area contributed by atoms with Crippen LogP contribution in [0.25, 0.3) is 16.0 Å². The van der Waals surface area contributed by atoms with Crippen LogP contribution in [0.4, 0.5) is 10.8 Å². The molecule has 12 heteroatoms. The van der Waals surface area contributed by atoms with Crippen LogP contribution >= 0.6 is 34.7 Å². The van der Waals surface area contributed by atoms with E-state index < -0.39 is 0 Å². The smallest absolute Gasteiger partial charge is 0.234 e. The average molecular weight is 450 g/mol. The van der Waals surface area contributed by atoms with E-state index in [9.17, 15) is 4.79 Å². The number of nitrogens with one attached hydrogen (secondary N) is 1. The second kappa shape index (κ2) is 8.01. The van der Waals surface area contributed by atoms with Crippen LogP contribution in [0.1, 0.15) is 0 Å². The van der Waals surface area contributed by atoms with Gasteiger partial charge in [0, 0.05) is 19.8 Å². The topological polar surface area (TPSA) is 97.5 Å². The summed E-state index contributed by atoms with van der Waals surface area (Å²) in [5.74, 6) is 0.525. The number of ether oxygens (including phenoxy) is 1. The lowest BCUT2D eigenvalue weighted by atomic mass is 10.3. The summed E-state index contributed by atoms with van der Waals surface area (Å²) in [6, 6.07) is 5.07. The number of hydrogen-bond acceptors (Lipinski definition) is 9. The third-order valence-corrected chi connectivity index (χ3v) is 6.36. The van der Waals surface area contributed by atoms with Crippen LogP contribution in [0, 0.1) is 0 Å². The SMILES string of the molecule is COc1ccc(NC(=O)CSc2nnc3c4sc(N(C)C)nc4ncn23)cc1Cl. The normalized spacial score (nSPS) is 11.2. The van der Waals surface area contributed by atoms with Crippen LogP contribution in [-0.2, 0) is 4.79 Å². The van der Waals surface area contributed by atoms with Gasteiger partial charge >= 0.3 is 0 Å². The van der Waals surface area contributed by atoms with Gasteiger partial charge in [-0.1, -0.05) is 34.7 Å². The first-order valence-electron chi connectivity index (χ1n) is 8.40. The van der Waals surface area contributed by atoms with Gasteiger partial charge in [0.2, 0.25) is 5.91 Å². The number of carbonyl (C=O) groups excluding carboxylic acids is 1. The van der Waals surface area contributed by atoms with E-state index in [1.54, 1.807) is 28.9 Å². The molecule has 1 N–H and O–H groups in total. The largest absolute Gasteiger partial charge is 0.495 e. The molecular formula is C17H16ClN7O2S2. The van der Waals surface area contributed by atoms with Gasteiger partial charge < -0.3 is 15.0 Å². The van der Waals surface area contributed by atoms with Gasteiger partial charge in [0.25, 0.3) is 0 Å². The molecule has 29 heavy (non-hydrogen) atoms. The second-order valence-corrected chi connectivity index (χ2v) is 8.48. The molecule has 0 saturated carbocycles. The van der Waals surface area contributed by atoms with Crippen molar-refractivity contribution >= 4 is 67.4 Å². The van der Waals surface area contributed by atoms with Crippen LogP contribution < -0.4 is 15.0 Å². The summed E-state index contributed by atoms with van der Waals surface area (Å²) in [6.45, 7) is 0. The van der Waals surface area contributed by atoms with Gasteiger partial charge in [-0.2, -0.15) is 4.98 Å². The molecule has 0 unspecified atom stereocenters. The Balaban J connectivity index is 1.48. The molecule has 0 radical (unpaired) electrons. The maximum absolute atomic E-state index is 12.3. The fourth-order valence-corrected chi connectivity index (χ4v) is 4.42. The van der Waals surface area contributed by atoms with E-state index in [1.165, 1.54) is 30.2 Å². The molecule has 0 fully saturated rings. The van der Waals surface area contributed by atoms with Crippen molar-refractivity contribution in [2.24, 2.45) is 0 Å². The Kier molecular flexibility index (Phi) is 5.43. The van der Waals surface area contributed by atoms with E-state index in [0.717, 1.165) is 9.83 Å². The van der Waals surface area contributed by atoms with Crippen molar-refractivity contribution in [1.82, 2.24) is 24.6 Å². The van der Waals surface area contributed by atoms with Crippen LogP contribution in [0.15, 0.2) is 29.7 Å². The van der Waals surface area contributed by atoms with Gasteiger partial charge in [0.1, 0.15) is 16.8 Å². The van der Waals surface area contributed by atoms with E-state index >= 15 is 0 Å². The molecule has 1 aromatic carbocycles. The number of carbonyl (C=O) groups is 1. The van der Waals surface area contributed by atoms with E-state index in [-0.39, 0.29) is 11.7 Å². The maximum atomic E-state index is 12.3. The third-order valence-electron chi connectivity index (χ3n) is 3.91. The number of rotatable bonds is 6. The molecule has 150 valence electrons. The molecule has 9 nitrogen and oxygen atoms in total. The lowest BCUT2D eigenvalue weighted by molar-refractivity contribution is -0.113. The minimum Gasteiger partial charge on any atom is -0.495 e. The van der Waals surface area contributed by atoms with Crippen LogP contribution in [0.2, 0.25) is 5.02 Å². The number of anilines is 2. The number of thioether (sulfide) groups is 1. The molecule has 0 bridgehead atoms. The predicted octanol–water partition coefficient (Wildman–Crippen LogP) is 3.19. The summed E-state index contributed by atoms with van der Waals surface area (Å²) in [4.78, 5) is 23.1. The van der Waals surface area contributed by atoms with Gasteiger partial charge in [-0.25, -0.2) is 4.98 Å². The molecule has 1 amide bonds. The minimum atomic E-state index is -0.185. The quantitative estimate of drug-likeness (QED) is 0.448. The maximum Gasteiger partial charge on any atom is 0.234 e. The highest BCUT2D eigenvalue weighted by atomic mass is 35.5. The lowest BCUT2D eigenvalue weighted by Crippen LogP contribution is -2.14. The molecule has 0 aliphatic carbocycles. The molecule has 0 saturated heterocycles. The molecule has 3 aromatic heterocycles. The van der Waals surface area contributed by atoms with E-state index in [1.807, 2.05) is 19.0 Å². The summed E-state index contributed by atoms with van der Waals surface area (Å²) in [6.07, 6.45) is 1.63. The number of amides is 1. The summed E-state index contributed by atoms with van der Waals surface area (Å²) < 4.78 is 7.73. The molecule has 3 heterocycles. The van der Waals surface area contributed by atoms with Gasteiger partial charge in [-0.15, -0.1) is 10.2 Å². The Hall–Kier alpha value is -2.63. The van der Waals surface area contributed by atoms with Gasteiger partial charge in [0.15, 0.2) is 21.6 Å². The molecule has 0 atom stereocenters. The third kappa shape index (κ3) is 3.93. The number of halogens is 1. The van der Waals surface area contributed by atoms with Gasteiger partial charge in [-0.3, -0.25) is 9.20 Å². The first kappa shape index (κ1) is 19.7. The summed E-state index contributed by atoms with van der Waals surface area (Å²) in [5.41, 5.74) is 1.89. The van der Waals surface area contributed by atoms with Gasteiger partial charge in [-0.05, 0) is 18.2 Å². The van der Waals surface area contributed by atoms with E-state index in [2.05, 4.69) is 25.5 Å².